The fourth-order valence-corrected chi connectivity index (χ4v) is 2.49. The van der Waals surface area contributed by atoms with Crippen molar-refractivity contribution in [2.45, 2.75) is 26.0 Å². The maximum atomic E-state index is 11.5. The molecule has 1 rings (SSSR count). The third kappa shape index (κ3) is 2.30. The number of sulfonamides is 1. The highest BCUT2D eigenvalue weighted by Gasteiger charge is 2.30. The molecule has 5 heteroatoms. The molecule has 1 fully saturated rings. The quantitative estimate of drug-likeness (QED) is 0.662. The highest BCUT2D eigenvalue weighted by Crippen LogP contribution is 2.16. The normalized spacial score (nSPS) is 31.5. The van der Waals surface area contributed by atoms with Crippen molar-refractivity contribution < 1.29 is 13.2 Å². The molecule has 76 valence electrons. The maximum Gasteiger partial charge on any atom is 0.236 e. The molecule has 0 amide bonds. The minimum atomic E-state index is -3.29. The maximum absolute atomic E-state index is 11.5. The summed E-state index contributed by atoms with van der Waals surface area (Å²) in [5.74, 6) is 0. The fourth-order valence-electron chi connectivity index (χ4n) is 1.32. The number of morpholine rings is 1. The van der Waals surface area contributed by atoms with Gasteiger partial charge in [-0.15, -0.1) is 0 Å². The van der Waals surface area contributed by atoms with Crippen LogP contribution in [-0.4, -0.2) is 38.0 Å². The smallest absolute Gasteiger partial charge is 0.236 e. The largest absolute Gasteiger partial charge is 0.375 e. The molecule has 4 nitrogen and oxygen atoms in total. The predicted molar refractivity (Wildman–Crippen MR) is 50.7 cm³/mol. The Morgan fingerprint density at radius 2 is 2.15 bits per heavy atom. The van der Waals surface area contributed by atoms with E-state index in [9.17, 15) is 8.42 Å². The highest BCUT2D eigenvalue weighted by atomic mass is 32.2. The lowest BCUT2D eigenvalue weighted by Gasteiger charge is -2.34. The van der Waals surface area contributed by atoms with Crippen LogP contribution in [0, 0.1) is 0 Å². The zero-order valence-electron chi connectivity index (χ0n) is 7.93. The SMILES string of the molecule is C=CS(=O)(=O)N1CC(C)OCC1C. The molecule has 1 aliphatic rings. The molecule has 0 saturated carbocycles. The van der Waals surface area contributed by atoms with Crippen molar-refractivity contribution in [3.05, 3.63) is 12.0 Å². The topological polar surface area (TPSA) is 46.6 Å². The molecular formula is C8H15NO3S. The van der Waals surface area contributed by atoms with Crippen molar-refractivity contribution >= 4 is 10.0 Å². The van der Waals surface area contributed by atoms with Crippen molar-refractivity contribution in [1.29, 1.82) is 0 Å². The van der Waals surface area contributed by atoms with Gasteiger partial charge in [-0.05, 0) is 13.8 Å². The van der Waals surface area contributed by atoms with Gasteiger partial charge in [-0.2, -0.15) is 4.31 Å². The van der Waals surface area contributed by atoms with Crippen LogP contribution >= 0.6 is 0 Å². The van der Waals surface area contributed by atoms with Gasteiger partial charge in [0.15, 0.2) is 0 Å². The van der Waals surface area contributed by atoms with Gasteiger partial charge in [0.25, 0.3) is 0 Å². The fraction of sp³-hybridized carbons (Fsp3) is 0.750. The van der Waals surface area contributed by atoms with Gasteiger partial charge in [0.2, 0.25) is 10.0 Å². The van der Waals surface area contributed by atoms with E-state index in [-0.39, 0.29) is 12.1 Å². The van der Waals surface area contributed by atoms with Gasteiger partial charge in [-0.1, -0.05) is 6.58 Å². The van der Waals surface area contributed by atoms with Gasteiger partial charge in [0.05, 0.1) is 12.7 Å². The van der Waals surface area contributed by atoms with Crippen LogP contribution in [0.5, 0.6) is 0 Å². The molecule has 2 atom stereocenters. The van der Waals surface area contributed by atoms with E-state index in [0.717, 1.165) is 5.41 Å². The first-order chi connectivity index (χ1) is 5.97. The van der Waals surface area contributed by atoms with Crippen molar-refractivity contribution in [3.63, 3.8) is 0 Å². The Morgan fingerprint density at radius 3 is 2.69 bits per heavy atom. The summed E-state index contributed by atoms with van der Waals surface area (Å²) in [6, 6.07) is -0.0980. The monoisotopic (exact) mass is 205 g/mol. The van der Waals surface area contributed by atoms with Crippen LogP contribution in [0.15, 0.2) is 12.0 Å². The van der Waals surface area contributed by atoms with Crippen molar-refractivity contribution in [2.75, 3.05) is 13.2 Å². The molecule has 2 unspecified atom stereocenters. The number of hydrogen-bond acceptors (Lipinski definition) is 3. The Labute approximate surface area is 79.2 Å². The Bertz CT molecular complexity index is 286. The molecule has 1 heterocycles. The van der Waals surface area contributed by atoms with E-state index in [1.807, 2.05) is 13.8 Å². The molecule has 0 aromatic carbocycles. The van der Waals surface area contributed by atoms with Crippen molar-refractivity contribution in [2.24, 2.45) is 0 Å². The first-order valence-corrected chi connectivity index (χ1v) is 5.73. The van der Waals surface area contributed by atoms with Gasteiger partial charge in [-0.3, -0.25) is 0 Å². The third-order valence-electron chi connectivity index (χ3n) is 2.09. The van der Waals surface area contributed by atoms with Crippen LogP contribution < -0.4 is 0 Å². The van der Waals surface area contributed by atoms with Gasteiger partial charge < -0.3 is 4.74 Å². The van der Waals surface area contributed by atoms with Crippen molar-refractivity contribution in [1.82, 2.24) is 4.31 Å². The highest BCUT2D eigenvalue weighted by molar-refractivity contribution is 7.92. The summed E-state index contributed by atoms with van der Waals surface area (Å²) in [5, 5.41) is 0.988. The summed E-state index contributed by atoms with van der Waals surface area (Å²) < 4.78 is 29.7. The molecule has 1 aliphatic heterocycles. The minimum Gasteiger partial charge on any atom is -0.375 e. The summed E-state index contributed by atoms with van der Waals surface area (Å²) in [6.07, 6.45) is -0.0362. The van der Waals surface area contributed by atoms with E-state index in [0.29, 0.717) is 13.2 Å². The third-order valence-corrected chi connectivity index (χ3v) is 3.67. The Morgan fingerprint density at radius 1 is 1.54 bits per heavy atom. The van der Waals surface area contributed by atoms with Crippen LogP contribution in [0.3, 0.4) is 0 Å². The predicted octanol–water partition coefficient (Wildman–Crippen LogP) is 0.569. The average Bonchev–Trinajstić information content (AvgIpc) is 2.09. The summed E-state index contributed by atoms with van der Waals surface area (Å²) in [7, 11) is -3.29. The van der Waals surface area contributed by atoms with Crippen LogP contribution in [0.25, 0.3) is 0 Å². The van der Waals surface area contributed by atoms with E-state index in [1.165, 1.54) is 4.31 Å². The van der Waals surface area contributed by atoms with Crippen LogP contribution in [0.2, 0.25) is 0 Å². The van der Waals surface area contributed by atoms with Crippen molar-refractivity contribution in [3.8, 4) is 0 Å². The lowest BCUT2D eigenvalue weighted by atomic mass is 10.2. The molecule has 0 bridgehead atoms. The number of nitrogens with zero attached hydrogens (tertiary/aromatic N) is 1. The zero-order chi connectivity index (χ0) is 10.1. The first kappa shape index (κ1) is 10.7. The molecule has 0 aromatic rings. The number of ether oxygens (including phenoxy) is 1. The summed E-state index contributed by atoms with van der Waals surface area (Å²) in [4.78, 5) is 0. The number of hydrogen-bond donors (Lipinski definition) is 0. The zero-order valence-corrected chi connectivity index (χ0v) is 8.75. The number of rotatable bonds is 2. The lowest BCUT2D eigenvalue weighted by Crippen LogP contribution is -2.49. The molecule has 0 spiro atoms. The second kappa shape index (κ2) is 3.77. The van der Waals surface area contributed by atoms with E-state index >= 15 is 0 Å². The summed E-state index contributed by atoms with van der Waals surface area (Å²) in [5.41, 5.74) is 0. The molecule has 0 aliphatic carbocycles. The molecule has 0 radical (unpaired) electrons. The minimum absolute atomic E-state index is 0.0362. The van der Waals surface area contributed by atoms with E-state index in [4.69, 9.17) is 4.74 Å². The summed E-state index contributed by atoms with van der Waals surface area (Å²) >= 11 is 0. The molecule has 1 saturated heterocycles. The standard InChI is InChI=1S/C8H15NO3S/c1-4-13(10,11)9-5-8(3)12-6-7(9)2/h4,7-8H,1,5-6H2,2-3H3. The summed E-state index contributed by atoms with van der Waals surface area (Å²) in [6.45, 7) is 7.85. The Balaban J connectivity index is 2.83. The molecule has 13 heavy (non-hydrogen) atoms. The van der Waals surface area contributed by atoms with Gasteiger partial charge >= 0.3 is 0 Å². The second-order valence-electron chi connectivity index (χ2n) is 3.27. The second-order valence-corrected chi connectivity index (χ2v) is 5.11. The lowest BCUT2D eigenvalue weighted by molar-refractivity contribution is -0.0166. The van der Waals surface area contributed by atoms with Crippen LogP contribution in [0.1, 0.15) is 13.8 Å². The molecule has 0 aromatic heterocycles. The Hall–Kier alpha value is -0.390. The van der Waals surface area contributed by atoms with E-state index in [2.05, 4.69) is 6.58 Å². The van der Waals surface area contributed by atoms with E-state index < -0.39 is 10.0 Å². The van der Waals surface area contributed by atoms with Crippen LogP contribution in [0.4, 0.5) is 0 Å². The van der Waals surface area contributed by atoms with E-state index in [1.54, 1.807) is 0 Å². The van der Waals surface area contributed by atoms with Gasteiger partial charge in [0.1, 0.15) is 0 Å². The first-order valence-electron chi connectivity index (χ1n) is 4.23. The van der Waals surface area contributed by atoms with Gasteiger partial charge in [0, 0.05) is 18.0 Å². The molecular weight excluding hydrogens is 190 g/mol. The average molecular weight is 205 g/mol. The van der Waals surface area contributed by atoms with Gasteiger partial charge in [-0.25, -0.2) is 8.42 Å². The Kier molecular flexibility index (Phi) is 3.10. The van der Waals surface area contributed by atoms with Crippen LogP contribution in [-0.2, 0) is 14.8 Å². The molecule has 0 N–H and O–H groups in total.